The van der Waals surface area contributed by atoms with Gasteiger partial charge in [-0.2, -0.15) is 5.26 Å². The number of hydrogen-bond acceptors (Lipinski definition) is 4. The van der Waals surface area contributed by atoms with Gasteiger partial charge in [0, 0.05) is 18.9 Å². The van der Waals surface area contributed by atoms with Gasteiger partial charge in [-0.15, -0.1) is 0 Å². The Hall–Kier alpha value is -2.39. The zero-order valence-corrected chi connectivity index (χ0v) is 12.4. The van der Waals surface area contributed by atoms with Gasteiger partial charge in [0.05, 0.1) is 23.1 Å². The second kappa shape index (κ2) is 6.37. The summed E-state index contributed by atoms with van der Waals surface area (Å²) < 4.78 is 26.7. The van der Waals surface area contributed by atoms with Gasteiger partial charge < -0.3 is 0 Å². The maximum atomic E-state index is 12.7. The lowest BCUT2D eigenvalue weighted by Crippen LogP contribution is -2.30. The van der Waals surface area contributed by atoms with E-state index in [1.165, 1.54) is 16.4 Å². The molecule has 108 valence electrons. The molecule has 0 aliphatic heterocycles. The third kappa shape index (κ3) is 3.20. The van der Waals surface area contributed by atoms with Crippen LogP contribution in [0.4, 0.5) is 5.69 Å². The highest BCUT2D eigenvalue weighted by molar-refractivity contribution is 7.92. The standard InChI is InChI=1S/C15H15N3O2S/c1-2-18(14-8-11-17-12-9-14)21(19,20)15-5-3-13(4-6-15)7-10-16/h3-6,8-9,11-12H,2,7H2,1H3. The molecule has 2 aromatic rings. The molecular weight excluding hydrogens is 286 g/mol. The van der Waals surface area contributed by atoms with E-state index in [1.54, 1.807) is 43.6 Å². The SMILES string of the molecule is CCN(c1ccncc1)S(=O)(=O)c1ccc(CC#N)cc1. The quantitative estimate of drug-likeness (QED) is 0.849. The molecular formula is C15H15N3O2S. The van der Waals surface area contributed by atoms with Crippen molar-refractivity contribution in [1.29, 1.82) is 5.26 Å². The van der Waals surface area contributed by atoms with E-state index in [0.29, 0.717) is 12.2 Å². The summed E-state index contributed by atoms with van der Waals surface area (Å²) in [4.78, 5) is 4.11. The van der Waals surface area contributed by atoms with Crippen molar-refractivity contribution in [2.75, 3.05) is 10.8 Å². The number of anilines is 1. The first-order valence-corrected chi connectivity index (χ1v) is 7.92. The molecule has 2 rings (SSSR count). The third-order valence-electron chi connectivity index (χ3n) is 3.03. The molecule has 0 atom stereocenters. The molecule has 0 spiro atoms. The van der Waals surface area contributed by atoms with Crippen LogP contribution in [0.25, 0.3) is 0 Å². The van der Waals surface area contributed by atoms with Gasteiger partial charge in [0.25, 0.3) is 10.0 Å². The zero-order chi connectivity index (χ0) is 15.3. The molecule has 0 saturated heterocycles. The van der Waals surface area contributed by atoms with Crippen molar-refractivity contribution in [2.45, 2.75) is 18.2 Å². The van der Waals surface area contributed by atoms with Crippen LogP contribution in [0.3, 0.4) is 0 Å². The molecule has 0 unspecified atom stereocenters. The Balaban J connectivity index is 2.38. The predicted molar refractivity (Wildman–Crippen MR) is 80.2 cm³/mol. The number of nitrogens with zero attached hydrogens (tertiary/aromatic N) is 3. The number of hydrogen-bond donors (Lipinski definition) is 0. The van der Waals surface area contributed by atoms with Gasteiger partial charge >= 0.3 is 0 Å². The van der Waals surface area contributed by atoms with Crippen LogP contribution in [-0.2, 0) is 16.4 Å². The molecule has 21 heavy (non-hydrogen) atoms. The van der Waals surface area contributed by atoms with Crippen LogP contribution in [0.1, 0.15) is 12.5 Å². The van der Waals surface area contributed by atoms with E-state index in [-0.39, 0.29) is 11.3 Å². The molecule has 0 radical (unpaired) electrons. The molecule has 1 aromatic carbocycles. The Morgan fingerprint density at radius 1 is 1.14 bits per heavy atom. The van der Waals surface area contributed by atoms with Crippen molar-refractivity contribution in [2.24, 2.45) is 0 Å². The van der Waals surface area contributed by atoms with Gasteiger partial charge in [0.2, 0.25) is 0 Å². The number of pyridine rings is 1. The molecule has 1 heterocycles. The zero-order valence-electron chi connectivity index (χ0n) is 11.6. The average molecular weight is 301 g/mol. The number of nitriles is 1. The Labute approximate surface area is 124 Å². The van der Waals surface area contributed by atoms with Gasteiger partial charge in [-0.3, -0.25) is 9.29 Å². The first-order valence-electron chi connectivity index (χ1n) is 6.48. The highest BCUT2D eigenvalue weighted by Crippen LogP contribution is 2.23. The van der Waals surface area contributed by atoms with Crippen molar-refractivity contribution in [3.63, 3.8) is 0 Å². The van der Waals surface area contributed by atoms with E-state index in [9.17, 15) is 8.42 Å². The van der Waals surface area contributed by atoms with Crippen LogP contribution in [0, 0.1) is 11.3 Å². The Kier molecular flexibility index (Phi) is 4.55. The lowest BCUT2D eigenvalue weighted by Gasteiger charge is -2.22. The first-order chi connectivity index (χ1) is 10.1. The fourth-order valence-electron chi connectivity index (χ4n) is 2.00. The van der Waals surface area contributed by atoms with E-state index in [4.69, 9.17) is 5.26 Å². The Bertz CT molecular complexity index is 735. The second-order valence-electron chi connectivity index (χ2n) is 4.35. The molecule has 0 aliphatic carbocycles. The van der Waals surface area contributed by atoms with Crippen LogP contribution in [0.15, 0.2) is 53.7 Å². The number of aromatic nitrogens is 1. The first kappa shape index (κ1) is 15.0. The van der Waals surface area contributed by atoms with Crippen molar-refractivity contribution >= 4 is 15.7 Å². The Morgan fingerprint density at radius 3 is 2.29 bits per heavy atom. The fourth-order valence-corrected chi connectivity index (χ4v) is 3.47. The van der Waals surface area contributed by atoms with Gasteiger partial charge in [0.15, 0.2) is 0 Å². The molecule has 5 nitrogen and oxygen atoms in total. The van der Waals surface area contributed by atoms with Gasteiger partial charge in [-0.25, -0.2) is 8.42 Å². The highest BCUT2D eigenvalue weighted by Gasteiger charge is 2.23. The fraction of sp³-hybridized carbons (Fsp3) is 0.200. The van der Waals surface area contributed by atoms with Crippen molar-refractivity contribution in [3.8, 4) is 6.07 Å². The molecule has 0 N–H and O–H groups in total. The minimum Gasteiger partial charge on any atom is -0.267 e. The topological polar surface area (TPSA) is 74.1 Å². The molecule has 1 aromatic heterocycles. The monoisotopic (exact) mass is 301 g/mol. The van der Waals surface area contributed by atoms with Gasteiger partial charge in [0.1, 0.15) is 0 Å². The van der Waals surface area contributed by atoms with Crippen molar-refractivity contribution in [3.05, 3.63) is 54.4 Å². The summed E-state index contributed by atoms with van der Waals surface area (Å²) in [5, 5.41) is 8.64. The van der Waals surface area contributed by atoms with E-state index in [0.717, 1.165) is 5.56 Å². The number of sulfonamides is 1. The number of benzene rings is 1. The minimum absolute atomic E-state index is 0.211. The summed E-state index contributed by atoms with van der Waals surface area (Å²) in [6, 6.07) is 11.7. The second-order valence-corrected chi connectivity index (χ2v) is 6.22. The molecule has 6 heteroatoms. The summed E-state index contributed by atoms with van der Waals surface area (Å²) in [6.07, 6.45) is 3.38. The van der Waals surface area contributed by atoms with E-state index in [1.807, 2.05) is 6.07 Å². The molecule has 0 amide bonds. The smallest absolute Gasteiger partial charge is 0.264 e. The van der Waals surface area contributed by atoms with Crippen molar-refractivity contribution in [1.82, 2.24) is 4.98 Å². The van der Waals surface area contributed by atoms with Crippen LogP contribution < -0.4 is 4.31 Å². The molecule has 0 fully saturated rings. The van der Waals surface area contributed by atoms with Crippen molar-refractivity contribution < 1.29 is 8.42 Å². The maximum absolute atomic E-state index is 12.7. The predicted octanol–water partition coefficient (Wildman–Crippen LogP) is 2.36. The third-order valence-corrected chi connectivity index (χ3v) is 4.95. The average Bonchev–Trinajstić information content (AvgIpc) is 2.50. The summed E-state index contributed by atoms with van der Waals surface area (Å²) in [5.41, 5.74) is 1.37. The lowest BCUT2D eigenvalue weighted by molar-refractivity contribution is 0.592. The normalized spacial score (nSPS) is 10.9. The summed E-state index contributed by atoms with van der Waals surface area (Å²) >= 11 is 0. The highest BCUT2D eigenvalue weighted by atomic mass is 32.2. The Morgan fingerprint density at radius 2 is 1.76 bits per heavy atom. The van der Waals surface area contributed by atoms with Crippen LogP contribution in [-0.4, -0.2) is 19.9 Å². The largest absolute Gasteiger partial charge is 0.267 e. The van der Waals surface area contributed by atoms with Crippen LogP contribution in [0.2, 0.25) is 0 Å². The van der Waals surface area contributed by atoms with Crippen LogP contribution >= 0.6 is 0 Å². The minimum atomic E-state index is -3.61. The van der Waals surface area contributed by atoms with E-state index < -0.39 is 10.0 Å². The van der Waals surface area contributed by atoms with Crippen LogP contribution in [0.5, 0.6) is 0 Å². The molecule has 0 aliphatic rings. The van der Waals surface area contributed by atoms with E-state index in [2.05, 4.69) is 4.98 Å². The van der Waals surface area contributed by atoms with Gasteiger partial charge in [-0.05, 0) is 36.8 Å². The number of rotatable bonds is 5. The summed E-state index contributed by atoms with van der Waals surface area (Å²) in [6.45, 7) is 2.11. The lowest BCUT2D eigenvalue weighted by atomic mass is 10.2. The van der Waals surface area contributed by atoms with E-state index >= 15 is 0 Å². The maximum Gasteiger partial charge on any atom is 0.264 e. The summed E-state index contributed by atoms with van der Waals surface area (Å²) in [7, 11) is -3.61. The summed E-state index contributed by atoms with van der Waals surface area (Å²) in [5.74, 6) is 0. The molecule has 0 saturated carbocycles. The molecule has 0 bridgehead atoms. The van der Waals surface area contributed by atoms with Gasteiger partial charge in [-0.1, -0.05) is 12.1 Å².